The molecule has 1 N–H and O–H groups in total. The lowest BCUT2D eigenvalue weighted by molar-refractivity contribution is 0.267. The first-order valence-corrected chi connectivity index (χ1v) is 9.16. The van der Waals surface area contributed by atoms with Gasteiger partial charge in [-0.1, -0.05) is 38.1 Å². The molecule has 0 bridgehead atoms. The molecule has 0 spiro atoms. The van der Waals surface area contributed by atoms with E-state index in [0.29, 0.717) is 19.3 Å². The fraction of sp³-hybridized carbons (Fsp3) is 0.400. The summed E-state index contributed by atoms with van der Waals surface area (Å²) in [6.07, 6.45) is 0. The Morgan fingerprint density at radius 1 is 1.12 bits per heavy atom. The molecule has 2 aromatic carbocycles. The molecule has 3 nitrogen and oxygen atoms in total. The van der Waals surface area contributed by atoms with Gasteiger partial charge in [-0.25, -0.2) is 0 Å². The van der Waals surface area contributed by atoms with Gasteiger partial charge in [0.2, 0.25) is 0 Å². The maximum absolute atomic E-state index is 6.08. The highest BCUT2D eigenvalue weighted by Crippen LogP contribution is 2.37. The third-order valence-electron chi connectivity index (χ3n) is 3.72. The van der Waals surface area contributed by atoms with Gasteiger partial charge in [-0.3, -0.25) is 0 Å². The highest BCUT2D eigenvalue weighted by molar-refractivity contribution is 9.10. The van der Waals surface area contributed by atoms with Crippen LogP contribution >= 0.6 is 15.9 Å². The van der Waals surface area contributed by atoms with Crippen LogP contribution < -0.4 is 14.8 Å². The van der Waals surface area contributed by atoms with Crippen molar-refractivity contribution in [3.8, 4) is 11.5 Å². The second-order valence-electron chi connectivity index (χ2n) is 6.09. The second kappa shape index (κ2) is 9.09. The van der Waals surface area contributed by atoms with Gasteiger partial charge in [-0.2, -0.15) is 0 Å². The van der Waals surface area contributed by atoms with Gasteiger partial charge in [0.25, 0.3) is 0 Å². The van der Waals surface area contributed by atoms with Gasteiger partial charge in [0.05, 0.1) is 11.1 Å². The molecule has 0 saturated carbocycles. The molecule has 0 unspecified atom stereocenters. The Hall–Kier alpha value is -1.52. The summed E-state index contributed by atoms with van der Waals surface area (Å²) in [5, 5.41) is 3.43. The molecule has 0 aliphatic heterocycles. The Bertz CT molecular complexity index is 671. The topological polar surface area (TPSA) is 30.5 Å². The van der Waals surface area contributed by atoms with Crippen LogP contribution in [0, 0.1) is 6.92 Å². The third-order valence-corrected chi connectivity index (χ3v) is 4.31. The van der Waals surface area contributed by atoms with Crippen molar-refractivity contribution in [1.82, 2.24) is 5.32 Å². The van der Waals surface area contributed by atoms with E-state index in [9.17, 15) is 0 Å². The molecule has 0 atom stereocenters. The first-order valence-electron chi connectivity index (χ1n) is 8.37. The van der Waals surface area contributed by atoms with Crippen molar-refractivity contribution in [1.29, 1.82) is 0 Å². The van der Waals surface area contributed by atoms with E-state index in [4.69, 9.17) is 9.47 Å². The summed E-state index contributed by atoms with van der Waals surface area (Å²) in [4.78, 5) is 0. The van der Waals surface area contributed by atoms with Crippen molar-refractivity contribution < 1.29 is 9.47 Å². The van der Waals surface area contributed by atoms with Crippen LogP contribution in [0.25, 0.3) is 0 Å². The molecule has 130 valence electrons. The van der Waals surface area contributed by atoms with Gasteiger partial charge >= 0.3 is 0 Å². The van der Waals surface area contributed by atoms with Crippen molar-refractivity contribution in [2.24, 2.45) is 0 Å². The zero-order valence-electron chi connectivity index (χ0n) is 14.9. The minimum atomic E-state index is 0.441. The van der Waals surface area contributed by atoms with Crippen LogP contribution in [-0.2, 0) is 13.2 Å². The van der Waals surface area contributed by atoms with E-state index >= 15 is 0 Å². The molecule has 0 amide bonds. The van der Waals surface area contributed by atoms with Crippen molar-refractivity contribution >= 4 is 15.9 Å². The van der Waals surface area contributed by atoms with E-state index in [1.165, 1.54) is 16.7 Å². The Balaban J connectivity index is 2.19. The Labute approximate surface area is 153 Å². The molecule has 0 aromatic heterocycles. The SMILES string of the molecule is CCOc1cc(CNC(C)C)cc(Br)c1OCc1ccccc1C. The van der Waals surface area contributed by atoms with Gasteiger partial charge in [0, 0.05) is 12.6 Å². The maximum atomic E-state index is 6.08. The standard InChI is InChI=1S/C20H26BrNO2/c1-5-23-19-11-16(12-22-14(2)3)10-18(21)20(19)24-13-17-9-7-6-8-15(17)4/h6-11,14,22H,5,12-13H2,1-4H3. The van der Waals surface area contributed by atoms with Crippen LogP contribution in [0.15, 0.2) is 40.9 Å². The number of hydrogen-bond donors (Lipinski definition) is 1. The van der Waals surface area contributed by atoms with E-state index in [1.54, 1.807) is 0 Å². The van der Waals surface area contributed by atoms with E-state index in [-0.39, 0.29) is 0 Å². The van der Waals surface area contributed by atoms with Gasteiger partial charge in [-0.05, 0) is 58.6 Å². The van der Waals surface area contributed by atoms with Gasteiger partial charge in [-0.15, -0.1) is 0 Å². The van der Waals surface area contributed by atoms with Crippen molar-refractivity contribution in [2.75, 3.05) is 6.61 Å². The summed E-state index contributed by atoms with van der Waals surface area (Å²) in [6.45, 7) is 10.3. The summed E-state index contributed by atoms with van der Waals surface area (Å²) < 4.78 is 12.8. The van der Waals surface area contributed by atoms with Crippen molar-refractivity contribution in [3.63, 3.8) is 0 Å². The molecule has 0 saturated heterocycles. The molecule has 0 radical (unpaired) electrons. The van der Waals surface area contributed by atoms with Crippen LogP contribution in [0.5, 0.6) is 11.5 Å². The first-order chi connectivity index (χ1) is 11.5. The molecular weight excluding hydrogens is 366 g/mol. The van der Waals surface area contributed by atoms with Crippen LogP contribution in [0.2, 0.25) is 0 Å². The largest absolute Gasteiger partial charge is 0.490 e. The van der Waals surface area contributed by atoms with Crippen LogP contribution in [-0.4, -0.2) is 12.6 Å². The highest BCUT2D eigenvalue weighted by Gasteiger charge is 2.13. The molecule has 24 heavy (non-hydrogen) atoms. The van der Waals surface area contributed by atoms with Gasteiger partial charge in [0.15, 0.2) is 11.5 Å². The van der Waals surface area contributed by atoms with Crippen LogP contribution in [0.4, 0.5) is 0 Å². The Morgan fingerprint density at radius 3 is 2.54 bits per heavy atom. The molecule has 0 fully saturated rings. The number of halogens is 1. The molecule has 0 heterocycles. The number of hydrogen-bond acceptors (Lipinski definition) is 3. The molecule has 2 aromatic rings. The van der Waals surface area contributed by atoms with E-state index in [2.05, 4.69) is 66.3 Å². The first kappa shape index (κ1) is 18.8. The number of rotatable bonds is 8. The van der Waals surface area contributed by atoms with E-state index in [1.807, 2.05) is 19.1 Å². The fourth-order valence-electron chi connectivity index (χ4n) is 2.37. The number of ether oxygens (including phenoxy) is 2. The van der Waals surface area contributed by atoms with E-state index < -0.39 is 0 Å². The zero-order chi connectivity index (χ0) is 17.5. The zero-order valence-corrected chi connectivity index (χ0v) is 16.4. The number of aryl methyl sites for hydroxylation is 1. The van der Waals surface area contributed by atoms with Crippen molar-refractivity contribution in [3.05, 3.63) is 57.6 Å². The van der Waals surface area contributed by atoms with Crippen molar-refractivity contribution in [2.45, 2.75) is 46.9 Å². The van der Waals surface area contributed by atoms with Gasteiger partial charge < -0.3 is 14.8 Å². The van der Waals surface area contributed by atoms with Crippen LogP contribution in [0.1, 0.15) is 37.5 Å². The fourth-order valence-corrected chi connectivity index (χ4v) is 2.97. The lowest BCUT2D eigenvalue weighted by atomic mass is 10.1. The lowest BCUT2D eigenvalue weighted by Crippen LogP contribution is -2.21. The maximum Gasteiger partial charge on any atom is 0.175 e. The van der Waals surface area contributed by atoms with Gasteiger partial charge in [0.1, 0.15) is 6.61 Å². The molecular formula is C20H26BrNO2. The molecule has 0 aliphatic carbocycles. The van der Waals surface area contributed by atoms with E-state index in [0.717, 1.165) is 22.5 Å². The molecule has 0 aliphatic rings. The average Bonchev–Trinajstić information content (AvgIpc) is 2.54. The van der Waals surface area contributed by atoms with Crippen LogP contribution in [0.3, 0.4) is 0 Å². The normalized spacial score (nSPS) is 10.9. The summed E-state index contributed by atoms with van der Waals surface area (Å²) in [7, 11) is 0. The molecule has 4 heteroatoms. The summed E-state index contributed by atoms with van der Waals surface area (Å²) >= 11 is 3.63. The third kappa shape index (κ3) is 5.25. The lowest BCUT2D eigenvalue weighted by Gasteiger charge is -2.17. The smallest absolute Gasteiger partial charge is 0.175 e. The Kier molecular flexibility index (Phi) is 7.13. The minimum absolute atomic E-state index is 0.441. The average molecular weight is 392 g/mol. The summed E-state index contributed by atoms with van der Waals surface area (Å²) in [6, 6.07) is 12.8. The quantitative estimate of drug-likeness (QED) is 0.667. The number of nitrogens with one attached hydrogen (secondary N) is 1. The summed E-state index contributed by atoms with van der Waals surface area (Å²) in [5.74, 6) is 1.54. The molecule has 2 rings (SSSR count). The predicted octanol–water partition coefficient (Wildman–Crippen LogP) is 5.23. The monoisotopic (exact) mass is 391 g/mol. The number of benzene rings is 2. The highest BCUT2D eigenvalue weighted by atomic mass is 79.9. The summed E-state index contributed by atoms with van der Waals surface area (Å²) in [5.41, 5.74) is 3.57. The Morgan fingerprint density at radius 2 is 1.88 bits per heavy atom. The predicted molar refractivity (Wildman–Crippen MR) is 103 cm³/mol. The second-order valence-corrected chi connectivity index (χ2v) is 6.94. The minimum Gasteiger partial charge on any atom is -0.490 e.